The number of ether oxygens (including phenoxy) is 1. The molecule has 0 spiro atoms. The maximum atomic E-state index is 12.7. The monoisotopic (exact) mass is 421 g/mol. The number of carbonyl (C=O) groups excluding carboxylic acids is 1. The summed E-state index contributed by atoms with van der Waals surface area (Å²) in [6.45, 7) is 8.06. The first-order valence-corrected chi connectivity index (χ1v) is 9.94. The number of hydrogen-bond donors (Lipinski definition) is 0. The Labute approximate surface area is 174 Å². The predicted octanol–water partition coefficient (Wildman–Crippen LogP) is 4.26. The second-order valence-corrected chi connectivity index (χ2v) is 7.74. The molecule has 0 saturated carbocycles. The van der Waals surface area contributed by atoms with Gasteiger partial charge in [0, 0.05) is 32.4 Å². The van der Waals surface area contributed by atoms with Crippen molar-refractivity contribution >= 4 is 11.7 Å². The Balaban J connectivity index is 1.53. The lowest BCUT2D eigenvalue weighted by atomic mass is 10.0. The fraction of sp³-hybridized carbons (Fsp3) is 0.455. The molecule has 0 radical (unpaired) electrons. The zero-order valence-corrected chi connectivity index (χ0v) is 17.4. The highest BCUT2D eigenvalue weighted by molar-refractivity contribution is 5.78. The molecule has 1 amide bonds. The van der Waals surface area contributed by atoms with Crippen LogP contribution in [0.3, 0.4) is 0 Å². The molecule has 162 valence electrons. The molecule has 8 heteroatoms. The maximum Gasteiger partial charge on any atom is 0.417 e. The van der Waals surface area contributed by atoms with Crippen LogP contribution in [0.4, 0.5) is 19.0 Å². The third kappa shape index (κ3) is 5.23. The van der Waals surface area contributed by atoms with Crippen molar-refractivity contribution in [2.45, 2.75) is 32.9 Å². The predicted molar refractivity (Wildman–Crippen MR) is 109 cm³/mol. The van der Waals surface area contributed by atoms with Crippen LogP contribution in [0.25, 0.3) is 0 Å². The molecule has 5 nitrogen and oxygen atoms in total. The van der Waals surface area contributed by atoms with Crippen LogP contribution in [0.15, 0.2) is 36.5 Å². The Kier molecular flexibility index (Phi) is 6.53. The van der Waals surface area contributed by atoms with E-state index < -0.39 is 11.7 Å². The van der Waals surface area contributed by atoms with Gasteiger partial charge in [0.25, 0.3) is 5.91 Å². The highest BCUT2D eigenvalue weighted by Crippen LogP contribution is 2.29. The molecule has 1 fully saturated rings. The molecule has 0 aliphatic carbocycles. The minimum atomic E-state index is -4.40. The summed E-state index contributed by atoms with van der Waals surface area (Å²) in [5.74, 6) is 1.45. The molecule has 3 rings (SSSR count). The van der Waals surface area contributed by atoms with Gasteiger partial charge in [-0.05, 0) is 42.2 Å². The van der Waals surface area contributed by atoms with Gasteiger partial charge in [0.1, 0.15) is 11.6 Å². The summed E-state index contributed by atoms with van der Waals surface area (Å²) in [6, 6.07) is 8.42. The first-order valence-electron chi connectivity index (χ1n) is 9.94. The van der Waals surface area contributed by atoms with E-state index in [1.54, 1.807) is 4.90 Å². The number of anilines is 1. The number of pyridine rings is 1. The van der Waals surface area contributed by atoms with Crippen molar-refractivity contribution in [1.82, 2.24) is 9.88 Å². The van der Waals surface area contributed by atoms with Gasteiger partial charge in [-0.3, -0.25) is 4.79 Å². The van der Waals surface area contributed by atoms with E-state index in [0.717, 1.165) is 23.4 Å². The van der Waals surface area contributed by atoms with Crippen LogP contribution >= 0.6 is 0 Å². The topological polar surface area (TPSA) is 45.7 Å². The number of aryl methyl sites for hydroxylation is 1. The van der Waals surface area contributed by atoms with Crippen LogP contribution < -0.4 is 9.64 Å². The zero-order chi connectivity index (χ0) is 21.9. The van der Waals surface area contributed by atoms with Crippen molar-refractivity contribution < 1.29 is 22.7 Å². The molecular formula is C22H26F3N3O2. The third-order valence-electron chi connectivity index (χ3n) is 5.26. The summed E-state index contributed by atoms with van der Waals surface area (Å²) in [7, 11) is 0. The number of rotatable bonds is 5. The molecule has 1 aromatic carbocycles. The van der Waals surface area contributed by atoms with Gasteiger partial charge in [-0.15, -0.1) is 0 Å². The number of amides is 1. The van der Waals surface area contributed by atoms with Gasteiger partial charge >= 0.3 is 6.18 Å². The van der Waals surface area contributed by atoms with Crippen LogP contribution in [0, 0.1) is 6.92 Å². The molecule has 0 unspecified atom stereocenters. The first-order chi connectivity index (χ1) is 14.1. The van der Waals surface area contributed by atoms with Crippen molar-refractivity contribution in [2.24, 2.45) is 0 Å². The van der Waals surface area contributed by atoms with Gasteiger partial charge in [-0.25, -0.2) is 4.98 Å². The van der Waals surface area contributed by atoms with Crippen molar-refractivity contribution in [3.63, 3.8) is 0 Å². The summed E-state index contributed by atoms with van der Waals surface area (Å²) >= 11 is 0. The van der Waals surface area contributed by atoms with E-state index in [4.69, 9.17) is 4.74 Å². The molecule has 30 heavy (non-hydrogen) atoms. The lowest BCUT2D eigenvalue weighted by Crippen LogP contribution is -2.50. The van der Waals surface area contributed by atoms with Crippen molar-refractivity contribution in [3.8, 4) is 5.75 Å². The highest BCUT2D eigenvalue weighted by atomic mass is 19.4. The number of hydrogen-bond acceptors (Lipinski definition) is 4. The van der Waals surface area contributed by atoms with Crippen LogP contribution in [0.1, 0.15) is 36.5 Å². The molecule has 2 aromatic rings. The number of nitrogens with zero attached hydrogens (tertiary/aromatic N) is 3. The largest absolute Gasteiger partial charge is 0.483 e. The van der Waals surface area contributed by atoms with E-state index in [1.165, 1.54) is 6.07 Å². The fourth-order valence-electron chi connectivity index (χ4n) is 3.29. The normalized spacial score (nSPS) is 14.9. The first kappa shape index (κ1) is 21.9. The van der Waals surface area contributed by atoms with E-state index in [-0.39, 0.29) is 12.5 Å². The Bertz CT molecular complexity index is 874. The molecule has 0 N–H and O–H groups in total. The van der Waals surface area contributed by atoms with Crippen LogP contribution in [-0.4, -0.2) is 48.6 Å². The van der Waals surface area contributed by atoms with Gasteiger partial charge in [-0.2, -0.15) is 13.2 Å². The highest BCUT2D eigenvalue weighted by Gasteiger charge is 2.31. The molecule has 1 aliphatic heterocycles. The lowest BCUT2D eigenvalue weighted by molar-refractivity contribution is -0.138. The van der Waals surface area contributed by atoms with Gasteiger partial charge in [0.2, 0.25) is 0 Å². The van der Waals surface area contributed by atoms with Crippen LogP contribution in [0.5, 0.6) is 5.75 Å². The van der Waals surface area contributed by atoms with Crippen LogP contribution in [-0.2, 0) is 11.0 Å². The summed E-state index contributed by atoms with van der Waals surface area (Å²) in [5.41, 5.74) is 1.36. The second-order valence-electron chi connectivity index (χ2n) is 7.74. The molecule has 1 aromatic heterocycles. The number of alkyl halides is 3. The molecule has 2 heterocycles. The average molecular weight is 421 g/mol. The third-order valence-corrected chi connectivity index (χ3v) is 5.26. The Morgan fingerprint density at radius 2 is 1.83 bits per heavy atom. The summed E-state index contributed by atoms with van der Waals surface area (Å²) in [4.78, 5) is 20.1. The summed E-state index contributed by atoms with van der Waals surface area (Å²) in [5, 5.41) is 0. The average Bonchev–Trinajstić information content (AvgIpc) is 2.72. The number of carbonyl (C=O) groups is 1. The van der Waals surface area contributed by atoms with Crippen LogP contribution in [0.2, 0.25) is 0 Å². The quantitative estimate of drug-likeness (QED) is 0.724. The van der Waals surface area contributed by atoms with E-state index in [1.807, 2.05) is 24.0 Å². The SMILES string of the molecule is Cc1ccc(C(C)C)cc1OCC(=O)N1CCN(c2ccc(C(F)(F)F)cn2)CC1. The zero-order valence-electron chi connectivity index (χ0n) is 17.4. The van der Waals surface area contributed by atoms with Crippen molar-refractivity contribution in [3.05, 3.63) is 53.2 Å². The minimum Gasteiger partial charge on any atom is -0.483 e. The summed E-state index contributed by atoms with van der Waals surface area (Å²) in [6.07, 6.45) is -3.56. The van der Waals surface area contributed by atoms with E-state index in [2.05, 4.69) is 24.9 Å². The minimum absolute atomic E-state index is 0.0408. The van der Waals surface area contributed by atoms with E-state index in [9.17, 15) is 18.0 Å². The number of halogens is 3. The second kappa shape index (κ2) is 8.93. The lowest BCUT2D eigenvalue weighted by Gasteiger charge is -2.35. The molecular weight excluding hydrogens is 395 g/mol. The number of benzene rings is 1. The van der Waals surface area contributed by atoms with Gasteiger partial charge in [0.15, 0.2) is 6.61 Å². The standard InChI is InChI=1S/C22H26F3N3O2/c1-15(2)17-5-4-16(3)19(12-17)30-14-21(29)28-10-8-27(9-11-28)20-7-6-18(13-26-20)22(23,24)25/h4-7,12-13,15H,8-11,14H2,1-3H3. The van der Waals surface area contributed by atoms with Crippen molar-refractivity contribution in [2.75, 3.05) is 37.7 Å². The van der Waals surface area contributed by atoms with E-state index >= 15 is 0 Å². The van der Waals surface area contributed by atoms with Gasteiger partial charge < -0.3 is 14.5 Å². The number of aromatic nitrogens is 1. The van der Waals surface area contributed by atoms with Crippen molar-refractivity contribution in [1.29, 1.82) is 0 Å². The number of piperazine rings is 1. The Morgan fingerprint density at radius 1 is 1.13 bits per heavy atom. The Hall–Kier alpha value is -2.77. The van der Waals surface area contributed by atoms with E-state index in [0.29, 0.717) is 43.7 Å². The molecule has 1 aliphatic rings. The summed E-state index contributed by atoms with van der Waals surface area (Å²) < 4.78 is 43.8. The molecule has 0 atom stereocenters. The maximum absolute atomic E-state index is 12.7. The smallest absolute Gasteiger partial charge is 0.417 e. The molecule has 1 saturated heterocycles. The fourth-order valence-corrected chi connectivity index (χ4v) is 3.29. The Morgan fingerprint density at radius 3 is 2.40 bits per heavy atom. The van der Waals surface area contributed by atoms with Gasteiger partial charge in [0.05, 0.1) is 5.56 Å². The van der Waals surface area contributed by atoms with Gasteiger partial charge in [-0.1, -0.05) is 26.0 Å². The molecule has 0 bridgehead atoms.